The maximum atomic E-state index is 12.3. The number of benzene rings is 1. The third-order valence-corrected chi connectivity index (χ3v) is 3.83. The first-order chi connectivity index (χ1) is 11.4. The lowest BCUT2D eigenvalue weighted by molar-refractivity contribution is 0.0535. The first kappa shape index (κ1) is 16.0. The van der Waals surface area contributed by atoms with Crippen LogP contribution in [0.1, 0.15) is 47.1 Å². The Balaban J connectivity index is 1.64. The fraction of sp³-hybridized carbons (Fsp3) is 0.353. The zero-order valence-corrected chi connectivity index (χ0v) is 13.8. The monoisotopic (exact) mass is 329 g/mol. The maximum absolute atomic E-state index is 12.3. The summed E-state index contributed by atoms with van der Waals surface area (Å²) in [7, 11) is 1.67. The standard InChI is InChI=1S/C17H19N3O4/c1-10(2)15-7-13(19-24-15)8-20(3)17(22)18-12-5-4-11-9-23-16(21)14(11)6-12/h4-7,10H,8-9H2,1-3H3,(H,18,22). The van der Waals surface area contributed by atoms with Crippen LogP contribution in [0, 0.1) is 0 Å². The van der Waals surface area contributed by atoms with Gasteiger partial charge in [0.05, 0.1) is 12.1 Å². The number of hydrogen-bond acceptors (Lipinski definition) is 5. The van der Waals surface area contributed by atoms with Crippen molar-refractivity contribution in [3.05, 3.63) is 46.8 Å². The van der Waals surface area contributed by atoms with E-state index in [2.05, 4.69) is 10.5 Å². The minimum atomic E-state index is -0.363. The molecule has 1 aliphatic rings. The molecule has 1 N–H and O–H groups in total. The van der Waals surface area contributed by atoms with Crippen LogP contribution < -0.4 is 5.32 Å². The van der Waals surface area contributed by atoms with Crippen LogP contribution in [0.5, 0.6) is 0 Å². The van der Waals surface area contributed by atoms with Gasteiger partial charge in [0.1, 0.15) is 18.1 Å². The van der Waals surface area contributed by atoms with Crippen molar-refractivity contribution in [1.29, 1.82) is 0 Å². The molecule has 1 aliphatic heterocycles. The molecule has 24 heavy (non-hydrogen) atoms. The van der Waals surface area contributed by atoms with Gasteiger partial charge >= 0.3 is 12.0 Å². The second-order valence-corrected chi connectivity index (χ2v) is 6.11. The summed E-state index contributed by atoms with van der Waals surface area (Å²) in [5.41, 5.74) is 2.56. The molecule has 2 amide bonds. The Hall–Kier alpha value is -2.83. The molecule has 0 atom stereocenters. The molecular weight excluding hydrogens is 310 g/mol. The average molecular weight is 329 g/mol. The van der Waals surface area contributed by atoms with Gasteiger partial charge in [-0.25, -0.2) is 9.59 Å². The molecule has 3 rings (SSSR count). The van der Waals surface area contributed by atoms with Crippen molar-refractivity contribution in [2.75, 3.05) is 12.4 Å². The topological polar surface area (TPSA) is 84.7 Å². The number of rotatable bonds is 4. The Morgan fingerprint density at radius 1 is 1.38 bits per heavy atom. The van der Waals surface area contributed by atoms with Crippen LogP contribution in [0.4, 0.5) is 10.5 Å². The van der Waals surface area contributed by atoms with Crippen molar-refractivity contribution >= 4 is 17.7 Å². The molecule has 7 nitrogen and oxygen atoms in total. The van der Waals surface area contributed by atoms with Gasteiger partial charge in [0, 0.05) is 30.3 Å². The second-order valence-electron chi connectivity index (χ2n) is 6.11. The van der Waals surface area contributed by atoms with Gasteiger partial charge in [0.25, 0.3) is 0 Å². The molecule has 126 valence electrons. The Bertz CT molecular complexity index is 782. The van der Waals surface area contributed by atoms with Gasteiger partial charge in [-0.2, -0.15) is 0 Å². The van der Waals surface area contributed by atoms with Gasteiger partial charge in [0.2, 0.25) is 0 Å². The summed E-state index contributed by atoms with van der Waals surface area (Å²) in [6.45, 7) is 4.64. The first-order valence-corrected chi connectivity index (χ1v) is 7.71. The molecule has 1 aromatic heterocycles. The summed E-state index contributed by atoms with van der Waals surface area (Å²) in [6.07, 6.45) is 0. The molecule has 0 fully saturated rings. The zero-order valence-electron chi connectivity index (χ0n) is 13.8. The highest BCUT2D eigenvalue weighted by Crippen LogP contribution is 2.23. The van der Waals surface area contributed by atoms with E-state index >= 15 is 0 Å². The van der Waals surface area contributed by atoms with Crippen LogP contribution in [0.3, 0.4) is 0 Å². The number of ether oxygens (including phenoxy) is 1. The van der Waals surface area contributed by atoms with Crippen molar-refractivity contribution < 1.29 is 18.8 Å². The normalized spacial score (nSPS) is 12.9. The van der Waals surface area contributed by atoms with Crippen LogP contribution in [-0.2, 0) is 17.9 Å². The third kappa shape index (κ3) is 3.24. The predicted molar refractivity (Wildman–Crippen MR) is 86.6 cm³/mol. The molecule has 0 bridgehead atoms. The molecule has 0 aliphatic carbocycles. The SMILES string of the molecule is CC(C)c1cc(CN(C)C(=O)Nc2ccc3c(c2)C(=O)OC3)no1. The highest BCUT2D eigenvalue weighted by molar-refractivity contribution is 5.96. The molecule has 2 heterocycles. The van der Waals surface area contributed by atoms with Crippen molar-refractivity contribution in [3.63, 3.8) is 0 Å². The number of urea groups is 1. The Kier molecular flexibility index (Phi) is 4.24. The predicted octanol–water partition coefficient (Wildman–Crippen LogP) is 3.13. The molecule has 0 unspecified atom stereocenters. The van der Waals surface area contributed by atoms with Gasteiger partial charge < -0.3 is 19.5 Å². The van der Waals surface area contributed by atoms with Gasteiger partial charge in [-0.05, 0) is 12.1 Å². The largest absolute Gasteiger partial charge is 0.457 e. The van der Waals surface area contributed by atoms with Crippen LogP contribution in [-0.4, -0.2) is 29.1 Å². The third-order valence-electron chi connectivity index (χ3n) is 3.83. The summed E-state index contributed by atoms with van der Waals surface area (Å²) in [4.78, 5) is 25.3. The molecule has 0 saturated heterocycles. The number of esters is 1. The number of anilines is 1. The van der Waals surface area contributed by atoms with E-state index in [0.717, 1.165) is 11.3 Å². The van der Waals surface area contributed by atoms with Gasteiger partial charge in [-0.3, -0.25) is 0 Å². The molecule has 7 heteroatoms. The number of cyclic esters (lactones) is 1. The van der Waals surface area contributed by atoms with Crippen molar-refractivity contribution in [2.24, 2.45) is 0 Å². The van der Waals surface area contributed by atoms with Crippen LogP contribution >= 0.6 is 0 Å². The molecule has 1 aromatic carbocycles. The highest BCUT2D eigenvalue weighted by Gasteiger charge is 2.22. The summed E-state index contributed by atoms with van der Waals surface area (Å²) in [5, 5.41) is 6.73. The number of carbonyl (C=O) groups excluding carboxylic acids is 2. The quantitative estimate of drug-likeness (QED) is 0.871. The Morgan fingerprint density at radius 2 is 2.17 bits per heavy atom. The number of fused-ring (bicyclic) bond motifs is 1. The maximum Gasteiger partial charge on any atom is 0.338 e. The minimum Gasteiger partial charge on any atom is -0.457 e. The zero-order chi connectivity index (χ0) is 17.3. The van der Waals surface area contributed by atoms with Gasteiger partial charge in [-0.1, -0.05) is 25.1 Å². The minimum absolute atomic E-state index is 0.247. The van der Waals surface area contributed by atoms with Crippen LogP contribution in [0.25, 0.3) is 0 Å². The number of amides is 2. The molecule has 2 aromatic rings. The Labute approximate surface area is 139 Å². The smallest absolute Gasteiger partial charge is 0.338 e. The van der Waals surface area contributed by atoms with E-state index in [0.29, 0.717) is 23.5 Å². The summed E-state index contributed by atoms with van der Waals surface area (Å²) in [6, 6.07) is 6.71. The van der Waals surface area contributed by atoms with E-state index in [1.54, 1.807) is 25.2 Å². The average Bonchev–Trinajstić information content (AvgIpc) is 3.15. The van der Waals surface area contributed by atoms with Crippen LogP contribution in [0.15, 0.2) is 28.8 Å². The van der Waals surface area contributed by atoms with Crippen molar-refractivity contribution in [2.45, 2.75) is 32.9 Å². The Morgan fingerprint density at radius 3 is 2.88 bits per heavy atom. The lowest BCUT2D eigenvalue weighted by Crippen LogP contribution is -2.31. The summed E-state index contributed by atoms with van der Waals surface area (Å²) in [5.74, 6) is 0.672. The fourth-order valence-electron chi connectivity index (χ4n) is 2.40. The number of aromatic nitrogens is 1. The number of hydrogen-bond donors (Lipinski definition) is 1. The molecular formula is C17H19N3O4. The van der Waals surface area contributed by atoms with E-state index in [4.69, 9.17) is 9.26 Å². The van der Waals surface area contributed by atoms with Crippen LogP contribution in [0.2, 0.25) is 0 Å². The van der Waals surface area contributed by atoms with Gasteiger partial charge in [0.15, 0.2) is 0 Å². The van der Waals surface area contributed by atoms with Gasteiger partial charge in [-0.15, -0.1) is 0 Å². The number of nitrogens with zero attached hydrogens (tertiary/aromatic N) is 2. The van der Waals surface area contributed by atoms with E-state index < -0.39 is 0 Å². The lowest BCUT2D eigenvalue weighted by Gasteiger charge is -2.16. The number of carbonyl (C=O) groups is 2. The summed E-state index contributed by atoms with van der Waals surface area (Å²) >= 11 is 0. The fourth-order valence-corrected chi connectivity index (χ4v) is 2.40. The first-order valence-electron chi connectivity index (χ1n) is 7.71. The van der Waals surface area contributed by atoms with Crippen molar-refractivity contribution in [1.82, 2.24) is 10.1 Å². The molecule has 0 saturated carbocycles. The van der Waals surface area contributed by atoms with E-state index in [9.17, 15) is 9.59 Å². The summed E-state index contributed by atoms with van der Waals surface area (Å²) < 4.78 is 10.2. The molecule has 0 spiro atoms. The van der Waals surface area contributed by atoms with E-state index in [1.165, 1.54) is 4.90 Å². The highest BCUT2D eigenvalue weighted by atomic mass is 16.5. The van der Waals surface area contributed by atoms with E-state index in [-0.39, 0.29) is 24.5 Å². The second kappa shape index (κ2) is 6.35. The lowest BCUT2D eigenvalue weighted by atomic mass is 10.1. The van der Waals surface area contributed by atoms with E-state index in [1.807, 2.05) is 19.9 Å². The van der Waals surface area contributed by atoms with Crippen molar-refractivity contribution in [3.8, 4) is 0 Å². The molecule has 0 radical (unpaired) electrons. The number of nitrogens with one attached hydrogen (secondary N) is 1.